The van der Waals surface area contributed by atoms with E-state index in [1.165, 1.54) is 5.56 Å². The summed E-state index contributed by atoms with van der Waals surface area (Å²) in [7, 11) is 3.62. The molecule has 1 aromatic rings. The van der Waals surface area contributed by atoms with Crippen LogP contribution in [0.3, 0.4) is 0 Å². The van der Waals surface area contributed by atoms with Gasteiger partial charge in [0.1, 0.15) is 0 Å². The molecule has 0 radical (unpaired) electrons. The molecular formula is C8H16ClN3O. The number of ether oxygens (including phenoxy) is 1. The summed E-state index contributed by atoms with van der Waals surface area (Å²) in [6.45, 7) is 2.49. The highest BCUT2D eigenvalue weighted by Crippen LogP contribution is 1.93. The zero-order valence-corrected chi connectivity index (χ0v) is 8.80. The van der Waals surface area contributed by atoms with E-state index in [9.17, 15) is 0 Å². The first-order chi connectivity index (χ1) is 5.83. The highest BCUT2D eigenvalue weighted by Gasteiger charge is 1.93. The smallest absolute Gasteiger partial charge is 0.0587 e. The van der Waals surface area contributed by atoms with E-state index >= 15 is 0 Å². The number of methoxy groups -OCH3 is 1. The monoisotopic (exact) mass is 205 g/mol. The van der Waals surface area contributed by atoms with Gasteiger partial charge in [-0.2, -0.15) is 5.10 Å². The van der Waals surface area contributed by atoms with Gasteiger partial charge in [-0.25, -0.2) is 0 Å². The summed E-state index contributed by atoms with van der Waals surface area (Å²) in [5.74, 6) is 0. The summed E-state index contributed by atoms with van der Waals surface area (Å²) in [6.07, 6.45) is 3.86. The minimum Gasteiger partial charge on any atom is -0.383 e. The Morgan fingerprint density at radius 3 is 2.92 bits per heavy atom. The third-order valence-corrected chi connectivity index (χ3v) is 1.57. The largest absolute Gasteiger partial charge is 0.383 e. The van der Waals surface area contributed by atoms with Gasteiger partial charge in [0.2, 0.25) is 0 Å². The van der Waals surface area contributed by atoms with E-state index in [2.05, 4.69) is 10.4 Å². The number of aryl methyl sites for hydroxylation is 1. The van der Waals surface area contributed by atoms with Gasteiger partial charge in [-0.05, 0) is 0 Å². The van der Waals surface area contributed by atoms with Gasteiger partial charge < -0.3 is 10.1 Å². The average Bonchev–Trinajstić information content (AvgIpc) is 2.45. The van der Waals surface area contributed by atoms with E-state index in [0.717, 1.165) is 19.7 Å². The maximum Gasteiger partial charge on any atom is 0.0587 e. The van der Waals surface area contributed by atoms with Gasteiger partial charge in [0.05, 0.1) is 12.8 Å². The van der Waals surface area contributed by atoms with Crippen LogP contribution in [0.15, 0.2) is 12.4 Å². The van der Waals surface area contributed by atoms with Gasteiger partial charge in [-0.3, -0.25) is 4.68 Å². The lowest BCUT2D eigenvalue weighted by molar-refractivity contribution is 0.199. The lowest BCUT2D eigenvalue weighted by Crippen LogP contribution is -2.18. The third kappa shape index (κ3) is 4.87. The van der Waals surface area contributed by atoms with Crippen molar-refractivity contribution >= 4 is 12.4 Å². The van der Waals surface area contributed by atoms with Crippen LogP contribution >= 0.6 is 12.4 Å². The van der Waals surface area contributed by atoms with E-state index in [0.29, 0.717) is 0 Å². The van der Waals surface area contributed by atoms with Crippen molar-refractivity contribution in [1.82, 2.24) is 15.1 Å². The first kappa shape index (κ1) is 12.4. The quantitative estimate of drug-likeness (QED) is 0.715. The van der Waals surface area contributed by atoms with Gasteiger partial charge in [-0.15, -0.1) is 12.4 Å². The summed E-state index contributed by atoms with van der Waals surface area (Å²) in [6, 6.07) is 0. The van der Waals surface area contributed by atoms with Crippen molar-refractivity contribution in [3.63, 3.8) is 0 Å². The molecule has 13 heavy (non-hydrogen) atoms. The molecule has 1 rings (SSSR count). The summed E-state index contributed by atoms with van der Waals surface area (Å²) in [4.78, 5) is 0. The fourth-order valence-electron chi connectivity index (χ4n) is 0.970. The molecule has 1 N–H and O–H groups in total. The molecule has 0 saturated carbocycles. The maximum absolute atomic E-state index is 4.90. The predicted molar refractivity (Wildman–Crippen MR) is 54.0 cm³/mol. The minimum atomic E-state index is 0. The van der Waals surface area contributed by atoms with Crippen molar-refractivity contribution in [2.75, 3.05) is 20.3 Å². The van der Waals surface area contributed by atoms with Gasteiger partial charge in [0, 0.05) is 39.0 Å². The molecule has 0 spiro atoms. The number of hydrogen-bond donors (Lipinski definition) is 1. The normalized spacial score (nSPS) is 9.69. The number of hydrogen-bond acceptors (Lipinski definition) is 3. The Morgan fingerprint density at radius 2 is 2.38 bits per heavy atom. The summed E-state index contributed by atoms with van der Waals surface area (Å²) >= 11 is 0. The van der Waals surface area contributed by atoms with Crippen molar-refractivity contribution in [3.8, 4) is 0 Å². The molecule has 0 atom stereocenters. The third-order valence-electron chi connectivity index (χ3n) is 1.57. The Hall–Kier alpha value is -0.580. The molecule has 0 aliphatic rings. The minimum absolute atomic E-state index is 0. The Balaban J connectivity index is 0.00000144. The van der Waals surface area contributed by atoms with Crippen LogP contribution in [-0.4, -0.2) is 30.0 Å². The number of nitrogens with zero attached hydrogens (tertiary/aromatic N) is 2. The zero-order valence-electron chi connectivity index (χ0n) is 7.99. The van der Waals surface area contributed by atoms with Crippen molar-refractivity contribution in [2.45, 2.75) is 6.54 Å². The standard InChI is InChI=1S/C8H15N3O.ClH/c1-11-7-8(6-10-11)5-9-3-4-12-2;/h6-7,9H,3-5H2,1-2H3;1H. The zero-order chi connectivity index (χ0) is 8.81. The second kappa shape index (κ2) is 6.88. The Bertz CT molecular complexity index is 227. The van der Waals surface area contributed by atoms with Crippen molar-refractivity contribution in [2.24, 2.45) is 7.05 Å². The molecule has 0 unspecified atom stereocenters. The lowest BCUT2D eigenvalue weighted by atomic mass is 10.3. The van der Waals surface area contributed by atoms with Crippen LogP contribution in [0.5, 0.6) is 0 Å². The Labute approximate surface area is 84.7 Å². The number of aromatic nitrogens is 2. The fourth-order valence-corrected chi connectivity index (χ4v) is 0.970. The molecule has 0 aromatic carbocycles. The van der Waals surface area contributed by atoms with Gasteiger partial charge in [-0.1, -0.05) is 0 Å². The van der Waals surface area contributed by atoms with Crippen LogP contribution in [0.1, 0.15) is 5.56 Å². The summed E-state index contributed by atoms with van der Waals surface area (Å²) in [5, 5.41) is 7.30. The molecule has 1 heterocycles. The van der Waals surface area contributed by atoms with Crippen LogP contribution in [-0.2, 0) is 18.3 Å². The molecular weight excluding hydrogens is 190 g/mol. The fraction of sp³-hybridized carbons (Fsp3) is 0.625. The predicted octanol–water partition coefficient (Wildman–Crippen LogP) is 0.578. The first-order valence-corrected chi connectivity index (χ1v) is 4.00. The number of nitrogens with one attached hydrogen (secondary N) is 1. The molecule has 4 nitrogen and oxygen atoms in total. The van der Waals surface area contributed by atoms with Gasteiger partial charge in [0.25, 0.3) is 0 Å². The highest BCUT2D eigenvalue weighted by molar-refractivity contribution is 5.85. The van der Waals surface area contributed by atoms with Crippen molar-refractivity contribution in [3.05, 3.63) is 18.0 Å². The average molecular weight is 206 g/mol. The molecule has 0 bridgehead atoms. The highest BCUT2D eigenvalue weighted by atomic mass is 35.5. The van der Waals surface area contributed by atoms with E-state index in [1.54, 1.807) is 11.8 Å². The second-order valence-corrected chi connectivity index (χ2v) is 2.69. The van der Waals surface area contributed by atoms with Crippen LogP contribution < -0.4 is 5.32 Å². The Morgan fingerprint density at radius 1 is 1.62 bits per heavy atom. The SMILES string of the molecule is COCCNCc1cnn(C)c1.Cl. The molecule has 76 valence electrons. The van der Waals surface area contributed by atoms with Crippen LogP contribution in [0.2, 0.25) is 0 Å². The maximum atomic E-state index is 4.90. The second-order valence-electron chi connectivity index (χ2n) is 2.69. The Kier molecular flexibility index (Phi) is 6.58. The topological polar surface area (TPSA) is 39.1 Å². The van der Waals surface area contributed by atoms with Crippen molar-refractivity contribution in [1.29, 1.82) is 0 Å². The van der Waals surface area contributed by atoms with Crippen LogP contribution in [0, 0.1) is 0 Å². The molecule has 0 aliphatic heterocycles. The first-order valence-electron chi connectivity index (χ1n) is 4.00. The van der Waals surface area contributed by atoms with Gasteiger partial charge >= 0.3 is 0 Å². The molecule has 0 fully saturated rings. The molecule has 1 aromatic heterocycles. The van der Waals surface area contributed by atoms with Crippen LogP contribution in [0.4, 0.5) is 0 Å². The summed E-state index contributed by atoms with van der Waals surface area (Å²) < 4.78 is 6.70. The lowest BCUT2D eigenvalue weighted by Gasteiger charge is -2.00. The molecule has 0 saturated heterocycles. The van der Waals surface area contributed by atoms with Gasteiger partial charge in [0.15, 0.2) is 0 Å². The molecule has 5 heteroatoms. The van der Waals surface area contributed by atoms with E-state index in [-0.39, 0.29) is 12.4 Å². The summed E-state index contributed by atoms with van der Waals surface area (Å²) in [5.41, 5.74) is 1.20. The van der Waals surface area contributed by atoms with Crippen molar-refractivity contribution < 1.29 is 4.74 Å². The number of rotatable bonds is 5. The van der Waals surface area contributed by atoms with E-state index in [4.69, 9.17) is 4.74 Å². The number of halogens is 1. The van der Waals surface area contributed by atoms with E-state index < -0.39 is 0 Å². The molecule has 0 amide bonds. The van der Waals surface area contributed by atoms with Crippen LogP contribution in [0.25, 0.3) is 0 Å². The molecule has 0 aliphatic carbocycles. The van der Waals surface area contributed by atoms with E-state index in [1.807, 2.05) is 19.4 Å².